The number of rotatable bonds is 8. The molecule has 0 fully saturated rings. The second-order valence-corrected chi connectivity index (χ2v) is 9.84. The van der Waals surface area contributed by atoms with Crippen LogP contribution in [0.4, 0.5) is 0 Å². The van der Waals surface area contributed by atoms with Gasteiger partial charge in [-0.2, -0.15) is 5.10 Å². The molecule has 0 atom stereocenters. The van der Waals surface area contributed by atoms with E-state index in [1.807, 2.05) is 36.0 Å². The Hall–Kier alpha value is -3.39. The van der Waals surface area contributed by atoms with Crippen molar-refractivity contribution < 1.29 is 14.3 Å². The number of fused-ring (bicyclic) bond motifs is 1. The average Bonchev–Trinajstić information content (AvgIpc) is 3.47. The van der Waals surface area contributed by atoms with Crippen LogP contribution in [0.15, 0.2) is 42.6 Å². The summed E-state index contributed by atoms with van der Waals surface area (Å²) in [6.45, 7) is 6.75. The number of carbonyl (C=O) groups is 1. The Morgan fingerprint density at radius 1 is 1.12 bits per heavy atom. The van der Waals surface area contributed by atoms with Crippen LogP contribution in [0.5, 0.6) is 11.5 Å². The molecule has 0 bridgehead atoms. The zero-order valence-corrected chi connectivity index (χ0v) is 21.3. The van der Waals surface area contributed by atoms with Crippen LogP contribution in [0.25, 0.3) is 21.6 Å². The molecule has 0 saturated heterocycles. The Bertz CT molecular complexity index is 1330. The molecule has 3 heterocycles. The van der Waals surface area contributed by atoms with Crippen LogP contribution >= 0.6 is 11.3 Å². The molecule has 34 heavy (non-hydrogen) atoms. The monoisotopic (exact) mass is 478 g/mol. The van der Waals surface area contributed by atoms with Crippen LogP contribution in [-0.2, 0) is 6.42 Å². The number of ether oxygens (including phenoxy) is 2. The molecule has 0 N–H and O–H groups in total. The Kier molecular flexibility index (Phi) is 6.88. The number of pyridine rings is 1. The van der Waals surface area contributed by atoms with E-state index >= 15 is 0 Å². The Morgan fingerprint density at radius 3 is 2.53 bits per heavy atom. The van der Waals surface area contributed by atoms with E-state index in [0.717, 1.165) is 27.2 Å². The minimum atomic E-state index is -0.0503. The molecule has 0 spiro atoms. The molecule has 3 aromatic heterocycles. The lowest BCUT2D eigenvalue weighted by Crippen LogP contribution is -2.29. The van der Waals surface area contributed by atoms with Crippen LogP contribution in [0.2, 0.25) is 0 Å². The quantitative estimate of drug-likeness (QED) is 0.340. The predicted octanol–water partition coefficient (Wildman–Crippen LogP) is 5.38. The van der Waals surface area contributed by atoms with Crippen LogP contribution in [0.1, 0.15) is 40.7 Å². The summed E-state index contributed by atoms with van der Waals surface area (Å²) < 4.78 is 12.6. The van der Waals surface area contributed by atoms with Crippen molar-refractivity contribution in [1.82, 2.24) is 19.7 Å². The van der Waals surface area contributed by atoms with Crippen molar-refractivity contribution in [3.63, 3.8) is 0 Å². The van der Waals surface area contributed by atoms with Crippen molar-refractivity contribution in [2.24, 2.45) is 0 Å². The number of hydrogen-bond acceptors (Lipinski definition) is 6. The highest BCUT2D eigenvalue weighted by atomic mass is 32.1. The number of methoxy groups -OCH3 is 2. The van der Waals surface area contributed by atoms with E-state index < -0.39 is 0 Å². The third-order valence-electron chi connectivity index (χ3n) is 5.81. The normalized spacial score (nSPS) is 11.3. The fourth-order valence-corrected chi connectivity index (χ4v) is 4.74. The molecule has 0 unspecified atom stereocenters. The number of aromatic nitrogens is 3. The third kappa shape index (κ3) is 4.63. The van der Waals surface area contributed by atoms with Crippen molar-refractivity contribution in [3.8, 4) is 22.1 Å². The molecule has 4 aromatic rings. The highest BCUT2D eigenvalue weighted by Crippen LogP contribution is 2.31. The smallest absolute Gasteiger partial charge is 0.254 e. The van der Waals surface area contributed by atoms with E-state index in [1.165, 1.54) is 4.88 Å². The van der Waals surface area contributed by atoms with E-state index in [1.54, 1.807) is 36.7 Å². The molecule has 4 rings (SSSR count). The number of benzene rings is 1. The van der Waals surface area contributed by atoms with Gasteiger partial charge in [-0.3, -0.25) is 4.79 Å². The number of carbonyl (C=O) groups excluding carboxylic acids is 1. The van der Waals surface area contributed by atoms with Crippen molar-refractivity contribution in [2.75, 3.05) is 27.8 Å². The van der Waals surface area contributed by atoms with Gasteiger partial charge in [-0.1, -0.05) is 6.07 Å². The minimum Gasteiger partial charge on any atom is -0.493 e. The lowest BCUT2D eigenvalue weighted by Gasteiger charge is -2.19. The van der Waals surface area contributed by atoms with Crippen LogP contribution in [0.3, 0.4) is 0 Å². The van der Waals surface area contributed by atoms with Gasteiger partial charge in [0, 0.05) is 24.5 Å². The minimum absolute atomic E-state index is 0.0503. The summed E-state index contributed by atoms with van der Waals surface area (Å²) in [5.74, 6) is 1.32. The second-order valence-electron chi connectivity index (χ2n) is 8.55. The Morgan fingerprint density at radius 2 is 1.88 bits per heavy atom. The summed E-state index contributed by atoms with van der Waals surface area (Å²) in [7, 11) is 5.07. The van der Waals surface area contributed by atoms with Gasteiger partial charge in [-0.15, -0.1) is 11.3 Å². The van der Waals surface area contributed by atoms with E-state index in [9.17, 15) is 4.79 Å². The fraction of sp³-hybridized carbons (Fsp3) is 0.346. The number of thiophene rings is 1. The largest absolute Gasteiger partial charge is 0.493 e. The topological polar surface area (TPSA) is 69.5 Å². The molecule has 1 amide bonds. The second kappa shape index (κ2) is 9.85. The fourth-order valence-electron chi connectivity index (χ4n) is 3.91. The third-order valence-corrected chi connectivity index (χ3v) is 6.83. The number of aryl methyl sites for hydroxylation is 1. The van der Waals surface area contributed by atoms with Crippen LogP contribution in [-0.4, -0.2) is 53.4 Å². The standard InChI is InChI=1S/C26H30N4O3S/c1-16(2)30-25-20(15-27-30)19(14-21(28-25)24-10-7-17(3)34-24)26(31)29(4)12-11-18-8-9-22(32-5)23(13-18)33-6/h7-10,13-16H,11-12H2,1-6H3. The van der Waals surface area contributed by atoms with Gasteiger partial charge in [0.15, 0.2) is 17.1 Å². The molecule has 8 heteroatoms. The lowest BCUT2D eigenvalue weighted by molar-refractivity contribution is 0.0798. The molecular formula is C26H30N4O3S. The summed E-state index contributed by atoms with van der Waals surface area (Å²) in [5, 5.41) is 5.30. The molecule has 0 aliphatic rings. The Balaban J connectivity index is 1.64. The lowest BCUT2D eigenvalue weighted by atomic mass is 10.1. The molecule has 178 valence electrons. The Labute approximate surface area is 203 Å². The average molecular weight is 479 g/mol. The van der Waals surface area contributed by atoms with E-state index in [2.05, 4.69) is 38.0 Å². The van der Waals surface area contributed by atoms with Crippen LogP contribution in [0, 0.1) is 6.92 Å². The maximum Gasteiger partial charge on any atom is 0.254 e. The SMILES string of the molecule is COc1ccc(CCN(C)C(=O)c2cc(-c3ccc(C)s3)nc3c2cnn3C(C)C)cc1OC. The van der Waals surface area contributed by atoms with Crippen molar-refractivity contribution in [3.05, 3.63) is 58.6 Å². The maximum absolute atomic E-state index is 13.6. The van der Waals surface area contributed by atoms with E-state index in [-0.39, 0.29) is 11.9 Å². The predicted molar refractivity (Wildman–Crippen MR) is 136 cm³/mol. The first kappa shape index (κ1) is 23.8. The number of amides is 1. The van der Waals surface area contributed by atoms with Crippen molar-refractivity contribution in [1.29, 1.82) is 0 Å². The summed E-state index contributed by atoms with van der Waals surface area (Å²) in [4.78, 5) is 22.5. The van der Waals surface area contributed by atoms with Gasteiger partial charge in [0.25, 0.3) is 5.91 Å². The van der Waals surface area contributed by atoms with Crippen molar-refractivity contribution >= 4 is 28.3 Å². The first-order valence-corrected chi connectivity index (χ1v) is 12.1. The summed E-state index contributed by atoms with van der Waals surface area (Å²) in [6.07, 6.45) is 2.44. The zero-order valence-electron chi connectivity index (χ0n) is 20.5. The maximum atomic E-state index is 13.6. The first-order chi connectivity index (χ1) is 16.3. The van der Waals surface area contributed by atoms with Gasteiger partial charge < -0.3 is 14.4 Å². The zero-order chi connectivity index (χ0) is 24.4. The van der Waals surface area contributed by atoms with E-state index in [4.69, 9.17) is 14.5 Å². The van der Waals surface area contributed by atoms with Gasteiger partial charge in [0.1, 0.15) is 0 Å². The van der Waals surface area contributed by atoms with Gasteiger partial charge in [-0.05, 0) is 63.1 Å². The van der Waals surface area contributed by atoms with Gasteiger partial charge >= 0.3 is 0 Å². The molecule has 0 radical (unpaired) electrons. The number of hydrogen-bond donors (Lipinski definition) is 0. The highest BCUT2D eigenvalue weighted by Gasteiger charge is 2.21. The molecule has 1 aromatic carbocycles. The van der Waals surface area contributed by atoms with Gasteiger partial charge in [0.05, 0.1) is 41.9 Å². The summed E-state index contributed by atoms with van der Waals surface area (Å²) in [6, 6.07) is 12.0. The van der Waals surface area contributed by atoms with Crippen LogP contribution < -0.4 is 9.47 Å². The molecule has 0 aliphatic heterocycles. The summed E-state index contributed by atoms with van der Waals surface area (Å²) in [5.41, 5.74) is 3.21. The van der Waals surface area contributed by atoms with Gasteiger partial charge in [-0.25, -0.2) is 9.67 Å². The van der Waals surface area contributed by atoms with Crippen molar-refractivity contribution in [2.45, 2.75) is 33.2 Å². The number of nitrogens with zero attached hydrogens (tertiary/aromatic N) is 4. The number of likely N-dealkylation sites (N-methyl/N-ethyl adjacent to an activating group) is 1. The molecule has 0 aliphatic carbocycles. The van der Waals surface area contributed by atoms with E-state index in [0.29, 0.717) is 30.0 Å². The molecule has 7 nitrogen and oxygen atoms in total. The summed E-state index contributed by atoms with van der Waals surface area (Å²) >= 11 is 1.67. The van der Waals surface area contributed by atoms with Gasteiger partial charge in [0.2, 0.25) is 0 Å². The first-order valence-electron chi connectivity index (χ1n) is 11.2. The highest BCUT2D eigenvalue weighted by molar-refractivity contribution is 7.15. The molecule has 0 saturated carbocycles. The molecular weight excluding hydrogens is 448 g/mol.